The summed E-state index contributed by atoms with van der Waals surface area (Å²) in [7, 11) is 3.83. The van der Waals surface area contributed by atoms with E-state index < -0.39 is 0 Å². The molecular formula is C22H27BrN6O. The number of aryl methyl sites for hydroxylation is 1. The van der Waals surface area contributed by atoms with Gasteiger partial charge in [0.05, 0.1) is 10.2 Å². The van der Waals surface area contributed by atoms with Crippen LogP contribution in [0.15, 0.2) is 34.9 Å². The van der Waals surface area contributed by atoms with E-state index >= 15 is 0 Å². The van der Waals surface area contributed by atoms with E-state index in [4.69, 9.17) is 4.98 Å². The van der Waals surface area contributed by atoms with E-state index in [1.165, 1.54) is 0 Å². The highest BCUT2D eigenvalue weighted by molar-refractivity contribution is 9.10. The van der Waals surface area contributed by atoms with Crippen LogP contribution in [0.3, 0.4) is 0 Å². The number of benzene rings is 1. The topological polar surface area (TPSA) is 85.9 Å². The van der Waals surface area contributed by atoms with Crippen LogP contribution in [0, 0.1) is 0 Å². The molecular weight excluding hydrogens is 444 g/mol. The number of carbonyl (C=O) groups is 1. The number of pyridine rings is 1. The van der Waals surface area contributed by atoms with Crippen LogP contribution in [0.4, 0.5) is 5.69 Å². The van der Waals surface area contributed by atoms with Crippen molar-refractivity contribution in [3.8, 4) is 11.4 Å². The number of nitrogens with zero attached hydrogens (tertiary/aromatic N) is 3. The van der Waals surface area contributed by atoms with Gasteiger partial charge in [0, 0.05) is 31.3 Å². The Hall–Kier alpha value is -2.45. The summed E-state index contributed by atoms with van der Waals surface area (Å²) in [5.74, 6) is 0.845. The molecule has 0 bridgehead atoms. The van der Waals surface area contributed by atoms with Crippen molar-refractivity contribution in [3.63, 3.8) is 0 Å². The van der Waals surface area contributed by atoms with E-state index in [1.807, 2.05) is 30.5 Å². The van der Waals surface area contributed by atoms with Crippen molar-refractivity contribution in [3.05, 3.63) is 40.5 Å². The van der Waals surface area contributed by atoms with Gasteiger partial charge >= 0.3 is 0 Å². The van der Waals surface area contributed by atoms with Crippen LogP contribution >= 0.6 is 15.9 Å². The first kappa shape index (κ1) is 20.8. The van der Waals surface area contributed by atoms with Gasteiger partial charge in [0.1, 0.15) is 11.3 Å². The fourth-order valence-corrected chi connectivity index (χ4v) is 4.20. The molecule has 3 heterocycles. The molecule has 1 saturated heterocycles. The molecule has 8 heteroatoms. The van der Waals surface area contributed by atoms with Gasteiger partial charge in [0.25, 0.3) is 0 Å². The minimum absolute atomic E-state index is 0.0534. The van der Waals surface area contributed by atoms with E-state index in [0.717, 1.165) is 65.0 Å². The first-order valence-electron chi connectivity index (χ1n) is 10.3. The normalized spacial score (nSPS) is 15.4. The number of hydrogen-bond acceptors (Lipinski definition) is 5. The molecule has 1 aliphatic heterocycles. The van der Waals surface area contributed by atoms with Crippen molar-refractivity contribution < 1.29 is 4.79 Å². The summed E-state index contributed by atoms with van der Waals surface area (Å²) in [6.07, 6.45) is 5.26. The zero-order valence-corrected chi connectivity index (χ0v) is 18.9. The Morgan fingerprint density at radius 3 is 2.70 bits per heavy atom. The van der Waals surface area contributed by atoms with E-state index in [-0.39, 0.29) is 5.91 Å². The van der Waals surface area contributed by atoms with Crippen molar-refractivity contribution in [1.29, 1.82) is 0 Å². The largest absolute Gasteiger partial charge is 0.379 e. The summed E-state index contributed by atoms with van der Waals surface area (Å²) in [5, 5.41) is 6.35. The first-order valence-corrected chi connectivity index (χ1v) is 11.1. The van der Waals surface area contributed by atoms with Gasteiger partial charge in [-0.2, -0.15) is 0 Å². The molecule has 0 unspecified atom stereocenters. The summed E-state index contributed by atoms with van der Waals surface area (Å²) in [6.45, 7) is 2.20. The Morgan fingerprint density at radius 1 is 1.27 bits per heavy atom. The number of H-pyrrole nitrogens is 1. The highest BCUT2D eigenvalue weighted by Gasteiger charge is 2.20. The number of rotatable bonds is 6. The van der Waals surface area contributed by atoms with Gasteiger partial charge in [0.2, 0.25) is 5.91 Å². The second kappa shape index (κ2) is 9.14. The number of hydrogen-bond donors (Lipinski definition) is 3. The zero-order chi connectivity index (χ0) is 21.1. The molecule has 0 radical (unpaired) electrons. The molecule has 158 valence electrons. The molecule has 0 spiro atoms. The van der Waals surface area contributed by atoms with Crippen LogP contribution in [0.25, 0.3) is 22.6 Å². The molecule has 1 amide bonds. The molecule has 1 aliphatic rings. The number of aromatic amines is 1. The molecule has 0 saturated carbocycles. The molecule has 3 N–H and O–H groups in total. The predicted octanol–water partition coefficient (Wildman–Crippen LogP) is 3.57. The Morgan fingerprint density at radius 2 is 2.00 bits per heavy atom. The molecule has 30 heavy (non-hydrogen) atoms. The maximum atomic E-state index is 11.4. The zero-order valence-electron chi connectivity index (χ0n) is 17.3. The number of fused-ring (bicyclic) bond motifs is 1. The van der Waals surface area contributed by atoms with Gasteiger partial charge in [-0.1, -0.05) is 24.3 Å². The average molecular weight is 471 g/mol. The lowest BCUT2D eigenvalue weighted by molar-refractivity contribution is -0.120. The second-order valence-corrected chi connectivity index (χ2v) is 8.71. The predicted molar refractivity (Wildman–Crippen MR) is 124 cm³/mol. The molecule has 7 nitrogen and oxygen atoms in total. The summed E-state index contributed by atoms with van der Waals surface area (Å²) in [4.78, 5) is 26.5. The first-order chi connectivity index (χ1) is 14.5. The number of aromatic nitrogens is 3. The van der Waals surface area contributed by atoms with Crippen molar-refractivity contribution in [1.82, 2.24) is 25.2 Å². The fourth-order valence-electron chi connectivity index (χ4n) is 3.78. The molecule has 4 rings (SSSR count). The number of nitrogens with one attached hydrogen (secondary N) is 3. The van der Waals surface area contributed by atoms with E-state index in [9.17, 15) is 4.79 Å². The maximum absolute atomic E-state index is 11.4. The Balaban J connectivity index is 1.55. The van der Waals surface area contributed by atoms with Crippen molar-refractivity contribution in [2.75, 3.05) is 32.5 Å². The summed E-state index contributed by atoms with van der Waals surface area (Å²) < 4.78 is 0.939. The quantitative estimate of drug-likeness (QED) is 0.512. The van der Waals surface area contributed by atoms with Crippen LogP contribution in [0.1, 0.15) is 24.8 Å². The number of piperidine rings is 1. The molecule has 2 aromatic heterocycles. The van der Waals surface area contributed by atoms with Crippen LogP contribution in [-0.2, 0) is 11.2 Å². The third-order valence-electron chi connectivity index (χ3n) is 5.69. The van der Waals surface area contributed by atoms with Gasteiger partial charge < -0.3 is 20.5 Å². The van der Waals surface area contributed by atoms with E-state index in [0.29, 0.717) is 18.1 Å². The Kier molecular flexibility index (Phi) is 6.34. The van der Waals surface area contributed by atoms with Crippen molar-refractivity contribution >= 4 is 38.7 Å². The number of halogens is 1. The number of amides is 1. The molecule has 1 aromatic carbocycles. The third kappa shape index (κ3) is 4.65. The van der Waals surface area contributed by atoms with Gasteiger partial charge in [-0.3, -0.25) is 4.79 Å². The monoisotopic (exact) mass is 470 g/mol. The standard InChI is InChI=1S/C22H27BrN6O/c1-24-18(30)8-5-14-3-6-15(7-4-14)21-27-20-19(17(23)13-25-22(20)28-21)26-16-9-11-29(2)12-10-16/h3-4,6-7,13,16H,5,8-12H2,1-2H3,(H,24,30)(H2,25,26,27,28). The maximum Gasteiger partial charge on any atom is 0.220 e. The smallest absolute Gasteiger partial charge is 0.220 e. The molecule has 3 aromatic rings. The van der Waals surface area contributed by atoms with Crippen LogP contribution in [0.2, 0.25) is 0 Å². The fraction of sp³-hybridized carbons (Fsp3) is 0.409. The highest BCUT2D eigenvalue weighted by atomic mass is 79.9. The van der Waals surface area contributed by atoms with Crippen LogP contribution in [0.5, 0.6) is 0 Å². The minimum Gasteiger partial charge on any atom is -0.379 e. The van der Waals surface area contributed by atoms with Gasteiger partial charge in [-0.15, -0.1) is 0 Å². The lowest BCUT2D eigenvalue weighted by Crippen LogP contribution is -2.36. The second-order valence-electron chi connectivity index (χ2n) is 7.86. The average Bonchev–Trinajstić information content (AvgIpc) is 3.20. The summed E-state index contributed by atoms with van der Waals surface area (Å²) in [5.41, 5.74) is 4.77. The van der Waals surface area contributed by atoms with Crippen molar-refractivity contribution in [2.45, 2.75) is 31.7 Å². The van der Waals surface area contributed by atoms with Gasteiger partial charge in [-0.05, 0) is 60.9 Å². The molecule has 0 atom stereocenters. The van der Waals surface area contributed by atoms with Gasteiger partial charge in [-0.25, -0.2) is 9.97 Å². The Labute approximate surface area is 184 Å². The van der Waals surface area contributed by atoms with Crippen LogP contribution < -0.4 is 10.6 Å². The Bertz CT molecular complexity index is 1020. The molecule has 0 aliphatic carbocycles. The van der Waals surface area contributed by atoms with E-state index in [2.05, 4.69) is 48.5 Å². The lowest BCUT2D eigenvalue weighted by atomic mass is 10.1. The number of likely N-dealkylation sites (tertiary alicyclic amines) is 1. The number of anilines is 1. The lowest BCUT2D eigenvalue weighted by Gasteiger charge is -2.30. The van der Waals surface area contributed by atoms with Gasteiger partial charge in [0.15, 0.2) is 5.65 Å². The summed E-state index contributed by atoms with van der Waals surface area (Å²) >= 11 is 3.65. The summed E-state index contributed by atoms with van der Waals surface area (Å²) in [6, 6.07) is 8.61. The number of imidazole rings is 1. The van der Waals surface area contributed by atoms with Crippen molar-refractivity contribution in [2.24, 2.45) is 0 Å². The third-order valence-corrected chi connectivity index (χ3v) is 6.29. The minimum atomic E-state index is 0.0534. The highest BCUT2D eigenvalue weighted by Crippen LogP contribution is 2.32. The molecule has 1 fully saturated rings. The SMILES string of the molecule is CNC(=O)CCc1ccc(-c2nc3ncc(Br)c(NC4CCN(C)CC4)c3[nH]2)cc1. The number of carbonyl (C=O) groups excluding carboxylic acids is 1. The van der Waals surface area contributed by atoms with Crippen LogP contribution in [-0.4, -0.2) is 59.0 Å². The van der Waals surface area contributed by atoms with E-state index in [1.54, 1.807) is 7.05 Å².